The maximum atomic E-state index is 6.21. The van der Waals surface area contributed by atoms with Gasteiger partial charge >= 0.3 is 0 Å². The summed E-state index contributed by atoms with van der Waals surface area (Å²) in [6.07, 6.45) is 0. The van der Waals surface area contributed by atoms with Gasteiger partial charge in [-0.3, -0.25) is 0 Å². The van der Waals surface area contributed by atoms with E-state index in [0.717, 1.165) is 28.3 Å². The third-order valence-corrected chi connectivity index (χ3v) is 5.77. The van der Waals surface area contributed by atoms with Gasteiger partial charge in [-0.2, -0.15) is 0 Å². The third-order valence-electron chi connectivity index (χ3n) is 4.87. The van der Waals surface area contributed by atoms with Gasteiger partial charge in [0, 0.05) is 16.9 Å². The number of hydrogen-bond acceptors (Lipinski definition) is 3. The van der Waals surface area contributed by atoms with Crippen molar-refractivity contribution in [3.63, 3.8) is 0 Å². The fraction of sp³-hybridized carbons (Fsp3) is 0.192. The fourth-order valence-corrected chi connectivity index (χ4v) is 3.97. The Bertz CT molecular complexity index is 1000. The van der Waals surface area contributed by atoms with Crippen LogP contribution in [0.2, 0.25) is 0 Å². The summed E-state index contributed by atoms with van der Waals surface area (Å²) in [7, 11) is 0. The Labute approximate surface area is 177 Å². The van der Waals surface area contributed by atoms with E-state index in [1.807, 2.05) is 36.4 Å². The highest BCUT2D eigenvalue weighted by atomic mass is 32.2. The van der Waals surface area contributed by atoms with Crippen molar-refractivity contribution in [1.29, 1.82) is 0 Å². The van der Waals surface area contributed by atoms with Crippen LogP contribution in [-0.2, 0) is 11.2 Å². The number of aromatic nitrogens is 1. The predicted molar refractivity (Wildman–Crippen MR) is 122 cm³/mol. The number of thioether (sulfide) groups is 1. The average Bonchev–Trinajstić information content (AvgIpc) is 3.18. The summed E-state index contributed by atoms with van der Waals surface area (Å²) >= 11 is 1.63. The number of hydrogen-bond donors (Lipinski definition) is 0. The van der Waals surface area contributed by atoms with E-state index in [4.69, 9.17) is 9.40 Å². The minimum absolute atomic E-state index is 0.170. The molecule has 0 fully saturated rings. The largest absolute Gasteiger partial charge is 0.431 e. The third kappa shape index (κ3) is 4.63. The molecule has 3 aromatic carbocycles. The smallest absolute Gasteiger partial charge is 0.257 e. The van der Waals surface area contributed by atoms with E-state index in [0.29, 0.717) is 5.22 Å². The van der Waals surface area contributed by atoms with Crippen LogP contribution >= 0.6 is 11.8 Å². The number of benzene rings is 3. The standard InChI is InChI=1S/C26H25NOS/c1-26(2,3)22-16-14-19(15-17-22)18-29-25-27-23(20-10-6-4-7-11-20)24(28-25)21-12-8-5-9-13-21/h4-17H,18H2,1-3H3. The number of oxazole rings is 1. The van der Waals surface area contributed by atoms with E-state index in [1.54, 1.807) is 11.8 Å². The molecule has 1 aromatic heterocycles. The molecule has 0 aliphatic heterocycles. The minimum atomic E-state index is 0.170. The molecule has 3 heteroatoms. The topological polar surface area (TPSA) is 26.0 Å². The molecule has 0 spiro atoms. The SMILES string of the molecule is CC(C)(C)c1ccc(CSc2nc(-c3ccccc3)c(-c3ccccc3)o2)cc1. The van der Waals surface area contributed by atoms with Gasteiger partial charge in [0.05, 0.1) is 0 Å². The van der Waals surface area contributed by atoms with E-state index in [9.17, 15) is 0 Å². The molecule has 2 nitrogen and oxygen atoms in total. The maximum Gasteiger partial charge on any atom is 0.257 e. The summed E-state index contributed by atoms with van der Waals surface area (Å²) in [5, 5.41) is 0.697. The highest BCUT2D eigenvalue weighted by Gasteiger charge is 2.17. The van der Waals surface area contributed by atoms with Gasteiger partial charge in [-0.25, -0.2) is 4.98 Å². The monoisotopic (exact) mass is 399 g/mol. The maximum absolute atomic E-state index is 6.21. The molecule has 0 N–H and O–H groups in total. The second-order valence-corrected chi connectivity index (χ2v) is 9.05. The Kier molecular flexibility index (Phi) is 5.59. The molecule has 0 unspecified atom stereocenters. The first kappa shape index (κ1) is 19.5. The van der Waals surface area contributed by atoms with Crippen LogP contribution in [0.3, 0.4) is 0 Å². The van der Waals surface area contributed by atoms with E-state index in [2.05, 4.69) is 69.3 Å². The Morgan fingerprint density at radius 2 is 1.34 bits per heavy atom. The molecule has 0 aliphatic carbocycles. The number of nitrogens with zero attached hydrogens (tertiary/aromatic N) is 1. The van der Waals surface area contributed by atoms with Crippen LogP contribution in [0.1, 0.15) is 31.9 Å². The summed E-state index contributed by atoms with van der Waals surface area (Å²) in [5.41, 5.74) is 5.78. The minimum Gasteiger partial charge on any atom is -0.431 e. The van der Waals surface area contributed by atoms with E-state index in [-0.39, 0.29) is 5.41 Å². The van der Waals surface area contributed by atoms with Crippen molar-refractivity contribution in [2.24, 2.45) is 0 Å². The molecule has 1 heterocycles. The molecule has 0 saturated carbocycles. The van der Waals surface area contributed by atoms with Crippen molar-refractivity contribution >= 4 is 11.8 Å². The summed E-state index contributed by atoms with van der Waals surface area (Å²) in [6.45, 7) is 6.71. The molecular weight excluding hydrogens is 374 g/mol. The van der Waals surface area contributed by atoms with Crippen LogP contribution in [0.25, 0.3) is 22.6 Å². The zero-order valence-electron chi connectivity index (χ0n) is 17.1. The van der Waals surface area contributed by atoms with Gasteiger partial charge in [-0.15, -0.1) is 0 Å². The fourth-order valence-electron chi connectivity index (χ4n) is 3.19. The van der Waals surface area contributed by atoms with Gasteiger partial charge in [0.1, 0.15) is 5.69 Å². The molecule has 4 aromatic rings. The molecule has 146 valence electrons. The first-order valence-corrected chi connectivity index (χ1v) is 10.8. The summed E-state index contributed by atoms with van der Waals surface area (Å²) in [4.78, 5) is 4.83. The van der Waals surface area contributed by atoms with Gasteiger partial charge in [0.25, 0.3) is 5.22 Å². The van der Waals surface area contributed by atoms with Crippen molar-refractivity contribution in [2.75, 3.05) is 0 Å². The van der Waals surface area contributed by atoms with Crippen LogP contribution in [0, 0.1) is 0 Å². The van der Waals surface area contributed by atoms with Crippen molar-refractivity contribution in [3.8, 4) is 22.6 Å². The quantitative estimate of drug-likeness (QED) is 0.323. The molecule has 0 saturated heterocycles. The lowest BCUT2D eigenvalue weighted by molar-refractivity contribution is 0.466. The van der Waals surface area contributed by atoms with Crippen molar-refractivity contribution in [1.82, 2.24) is 4.98 Å². The van der Waals surface area contributed by atoms with Crippen molar-refractivity contribution in [2.45, 2.75) is 37.2 Å². The first-order chi connectivity index (χ1) is 14.0. The van der Waals surface area contributed by atoms with Crippen LogP contribution < -0.4 is 0 Å². The molecule has 29 heavy (non-hydrogen) atoms. The lowest BCUT2D eigenvalue weighted by atomic mass is 9.87. The average molecular weight is 400 g/mol. The zero-order valence-corrected chi connectivity index (χ0v) is 17.9. The van der Waals surface area contributed by atoms with Crippen LogP contribution in [0.4, 0.5) is 0 Å². The molecule has 0 bridgehead atoms. The second kappa shape index (κ2) is 8.30. The van der Waals surface area contributed by atoms with Gasteiger partial charge in [0.15, 0.2) is 5.76 Å². The first-order valence-electron chi connectivity index (χ1n) is 9.84. The lowest BCUT2D eigenvalue weighted by Gasteiger charge is -2.19. The molecule has 0 atom stereocenters. The van der Waals surface area contributed by atoms with Crippen LogP contribution in [-0.4, -0.2) is 4.98 Å². The Balaban J connectivity index is 1.59. The van der Waals surface area contributed by atoms with E-state index < -0.39 is 0 Å². The Morgan fingerprint density at radius 3 is 1.93 bits per heavy atom. The summed E-state index contributed by atoms with van der Waals surface area (Å²) < 4.78 is 6.21. The second-order valence-electron chi connectivity index (χ2n) is 8.13. The van der Waals surface area contributed by atoms with E-state index >= 15 is 0 Å². The zero-order chi connectivity index (χ0) is 20.3. The molecule has 0 radical (unpaired) electrons. The Morgan fingerprint density at radius 1 is 0.759 bits per heavy atom. The summed E-state index contributed by atoms with van der Waals surface area (Å²) in [5.74, 6) is 1.65. The van der Waals surface area contributed by atoms with Crippen molar-refractivity contribution in [3.05, 3.63) is 96.1 Å². The number of rotatable bonds is 5. The highest BCUT2D eigenvalue weighted by molar-refractivity contribution is 7.98. The molecular formula is C26H25NOS. The Hall–Kier alpha value is -2.78. The van der Waals surface area contributed by atoms with Gasteiger partial charge in [0.2, 0.25) is 0 Å². The van der Waals surface area contributed by atoms with Gasteiger partial charge < -0.3 is 4.42 Å². The highest BCUT2D eigenvalue weighted by Crippen LogP contribution is 2.36. The molecule has 0 aliphatic rings. The van der Waals surface area contributed by atoms with Gasteiger partial charge in [-0.1, -0.05) is 117 Å². The van der Waals surface area contributed by atoms with Gasteiger partial charge in [-0.05, 0) is 16.5 Å². The van der Waals surface area contributed by atoms with Crippen LogP contribution in [0.15, 0.2) is 94.6 Å². The normalized spacial score (nSPS) is 11.6. The van der Waals surface area contributed by atoms with E-state index in [1.165, 1.54) is 11.1 Å². The lowest BCUT2D eigenvalue weighted by Crippen LogP contribution is -2.10. The predicted octanol–water partition coefficient (Wildman–Crippen LogP) is 7.60. The van der Waals surface area contributed by atoms with Crippen LogP contribution in [0.5, 0.6) is 0 Å². The summed E-state index contributed by atoms with van der Waals surface area (Å²) in [6, 6.07) is 29.2. The molecule has 0 amide bonds. The molecule has 4 rings (SSSR count). The van der Waals surface area contributed by atoms with Crippen molar-refractivity contribution < 1.29 is 4.42 Å².